The second-order valence-corrected chi connectivity index (χ2v) is 3.53. The van der Waals surface area contributed by atoms with Gasteiger partial charge in [0.25, 0.3) is 0 Å². The standard InChI is InChI=1S/C12H13NO3/c1-8-12(11(7-15)13-16-8)10-5-3-2-4-9(10)6-14/h2-5,14-15H,6-7H2,1H3. The lowest BCUT2D eigenvalue weighted by molar-refractivity contribution is 0.266. The fraction of sp³-hybridized carbons (Fsp3) is 0.250. The predicted octanol–water partition coefficient (Wildman–Crippen LogP) is 1.63. The van der Waals surface area contributed by atoms with E-state index >= 15 is 0 Å². The summed E-state index contributed by atoms with van der Waals surface area (Å²) in [6.45, 7) is 1.56. The average molecular weight is 219 g/mol. The molecule has 84 valence electrons. The van der Waals surface area contributed by atoms with Crippen LogP contribution in [0.3, 0.4) is 0 Å². The SMILES string of the molecule is Cc1onc(CO)c1-c1ccccc1CO. The Morgan fingerprint density at radius 3 is 2.62 bits per heavy atom. The molecule has 2 rings (SSSR count). The first-order chi connectivity index (χ1) is 7.77. The quantitative estimate of drug-likeness (QED) is 0.823. The van der Waals surface area contributed by atoms with Gasteiger partial charge in [0.15, 0.2) is 0 Å². The molecule has 2 N–H and O–H groups in total. The van der Waals surface area contributed by atoms with Crippen molar-refractivity contribution in [2.24, 2.45) is 0 Å². The predicted molar refractivity (Wildman–Crippen MR) is 58.5 cm³/mol. The maximum absolute atomic E-state index is 9.26. The maximum atomic E-state index is 9.26. The van der Waals surface area contributed by atoms with Crippen molar-refractivity contribution in [1.82, 2.24) is 5.16 Å². The number of hydrogen-bond donors (Lipinski definition) is 2. The van der Waals surface area contributed by atoms with E-state index in [9.17, 15) is 10.2 Å². The number of aromatic nitrogens is 1. The number of hydrogen-bond acceptors (Lipinski definition) is 4. The van der Waals surface area contributed by atoms with Gasteiger partial charge in [-0.1, -0.05) is 29.4 Å². The number of rotatable bonds is 3. The van der Waals surface area contributed by atoms with Crippen molar-refractivity contribution >= 4 is 0 Å². The molecule has 1 heterocycles. The normalized spacial score (nSPS) is 10.7. The molecular weight excluding hydrogens is 206 g/mol. The van der Waals surface area contributed by atoms with Gasteiger partial charge in [-0.3, -0.25) is 0 Å². The van der Waals surface area contributed by atoms with Gasteiger partial charge in [0.2, 0.25) is 0 Å². The molecule has 0 bridgehead atoms. The summed E-state index contributed by atoms with van der Waals surface area (Å²) in [6, 6.07) is 7.45. The summed E-state index contributed by atoms with van der Waals surface area (Å²) in [7, 11) is 0. The molecule has 0 spiro atoms. The smallest absolute Gasteiger partial charge is 0.141 e. The minimum absolute atomic E-state index is 0.0499. The molecule has 0 atom stereocenters. The fourth-order valence-corrected chi connectivity index (χ4v) is 1.77. The molecule has 0 saturated carbocycles. The van der Waals surface area contributed by atoms with Crippen molar-refractivity contribution in [2.45, 2.75) is 20.1 Å². The molecule has 2 aromatic rings. The van der Waals surface area contributed by atoms with Crippen LogP contribution in [0.2, 0.25) is 0 Å². The Kier molecular flexibility index (Phi) is 3.03. The van der Waals surface area contributed by atoms with Crippen molar-refractivity contribution in [3.8, 4) is 11.1 Å². The third kappa shape index (κ3) is 1.73. The average Bonchev–Trinajstić information content (AvgIpc) is 2.70. The molecule has 1 aromatic heterocycles. The first-order valence-electron chi connectivity index (χ1n) is 5.03. The van der Waals surface area contributed by atoms with E-state index in [2.05, 4.69) is 5.16 Å². The van der Waals surface area contributed by atoms with E-state index in [1.165, 1.54) is 0 Å². The van der Waals surface area contributed by atoms with Crippen LogP contribution in [0.15, 0.2) is 28.8 Å². The van der Waals surface area contributed by atoms with Crippen LogP contribution >= 0.6 is 0 Å². The Labute approximate surface area is 93.1 Å². The number of aliphatic hydroxyl groups is 2. The number of aryl methyl sites for hydroxylation is 1. The molecule has 16 heavy (non-hydrogen) atoms. The summed E-state index contributed by atoms with van der Waals surface area (Å²) < 4.78 is 5.05. The van der Waals surface area contributed by atoms with Gasteiger partial charge < -0.3 is 14.7 Å². The summed E-state index contributed by atoms with van der Waals surface area (Å²) >= 11 is 0. The van der Waals surface area contributed by atoms with Crippen molar-refractivity contribution in [3.05, 3.63) is 41.3 Å². The first-order valence-corrected chi connectivity index (χ1v) is 5.03. The number of aliphatic hydroxyl groups excluding tert-OH is 2. The molecule has 4 nitrogen and oxygen atoms in total. The fourth-order valence-electron chi connectivity index (χ4n) is 1.77. The van der Waals surface area contributed by atoms with Gasteiger partial charge in [-0.15, -0.1) is 0 Å². The van der Waals surface area contributed by atoms with Gasteiger partial charge in [-0.2, -0.15) is 0 Å². The topological polar surface area (TPSA) is 66.5 Å². The van der Waals surface area contributed by atoms with Gasteiger partial charge in [-0.25, -0.2) is 0 Å². The number of benzene rings is 1. The van der Waals surface area contributed by atoms with E-state index in [-0.39, 0.29) is 13.2 Å². The van der Waals surface area contributed by atoms with E-state index in [1.807, 2.05) is 24.3 Å². The van der Waals surface area contributed by atoms with E-state index in [4.69, 9.17) is 4.52 Å². The highest BCUT2D eigenvalue weighted by molar-refractivity contribution is 5.70. The van der Waals surface area contributed by atoms with Crippen LogP contribution in [0.5, 0.6) is 0 Å². The van der Waals surface area contributed by atoms with Gasteiger partial charge in [-0.05, 0) is 18.1 Å². The Morgan fingerprint density at radius 2 is 1.94 bits per heavy atom. The molecule has 0 aliphatic heterocycles. The molecule has 0 aliphatic rings. The second-order valence-electron chi connectivity index (χ2n) is 3.53. The summed E-state index contributed by atoms with van der Waals surface area (Å²) in [5.74, 6) is 0.643. The Hall–Kier alpha value is -1.65. The Morgan fingerprint density at radius 1 is 1.19 bits per heavy atom. The molecule has 4 heteroatoms. The van der Waals surface area contributed by atoms with Gasteiger partial charge in [0.1, 0.15) is 11.5 Å². The highest BCUT2D eigenvalue weighted by atomic mass is 16.5. The molecule has 0 aliphatic carbocycles. The third-order valence-electron chi connectivity index (χ3n) is 2.54. The molecule has 0 fully saturated rings. The third-order valence-corrected chi connectivity index (χ3v) is 2.54. The molecule has 0 saturated heterocycles. The summed E-state index contributed by atoms with van der Waals surface area (Å²) in [5, 5.41) is 22.2. The van der Waals surface area contributed by atoms with Crippen LogP contribution in [0.1, 0.15) is 17.0 Å². The second kappa shape index (κ2) is 4.47. The zero-order chi connectivity index (χ0) is 11.5. The van der Waals surface area contributed by atoms with Crippen LogP contribution in [-0.2, 0) is 13.2 Å². The van der Waals surface area contributed by atoms with Crippen LogP contribution < -0.4 is 0 Å². The van der Waals surface area contributed by atoms with Crippen molar-refractivity contribution in [1.29, 1.82) is 0 Å². The summed E-state index contributed by atoms with van der Waals surface area (Å²) in [5.41, 5.74) is 2.92. The minimum atomic E-state index is -0.174. The largest absolute Gasteiger partial charge is 0.392 e. The lowest BCUT2D eigenvalue weighted by Gasteiger charge is -2.06. The molecule has 0 unspecified atom stereocenters. The van der Waals surface area contributed by atoms with Crippen molar-refractivity contribution < 1.29 is 14.7 Å². The number of nitrogens with zero attached hydrogens (tertiary/aromatic N) is 1. The molecule has 0 radical (unpaired) electrons. The zero-order valence-corrected chi connectivity index (χ0v) is 8.97. The molecule has 0 amide bonds. The Balaban J connectivity index is 2.61. The summed E-state index contributed by atoms with van der Waals surface area (Å²) in [4.78, 5) is 0. The van der Waals surface area contributed by atoms with Crippen LogP contribution in [0.4, 0.5) is 0 Å². The maximum Gasteiger partial charge on any atom is 0.141 e. The molecule has 1 aromatic carbocycles. The van der Waals surface area contributed by atoms with Crippen molar-refractivity contribution in [3.63, 3.8) is 0 Å². The lowest BCUT2D eigenvalue weighted by Crippen LogP contribution is -1.93. The lowest BCUT2D eigenvalue weighted by atomic mass is 9.99. The van der Waals surface area contributed by atoms with E-state index in [1.54, 1.807) is 6.92 Å². The van der Waals surface area contributed by atoms with E-state index in [0.717, 1.165) is 16.7 Å². The van der Waals surface area contributed by atoms with Crippen molar-refractivity contribution in [2.75, 3.05) is 0 Å². The Bertz CT molecular complexity index is 491. The van der Waals surface area contributed by atoms with Gasteiger partial charge in [0.05, 0.1) is 18.8 Å². The van der Waals surface area contributed by atoms with E-state index in [0.29, 0.717) is 11.5 Å². The highest BCUT2D eigenvalue weighted by Crippen LogP contribution is 2.30. The summed E-state index contributed by atoms with van der Waals surface area (Å²) in [6.07, 6.45) is 0. The van der Waals surface area contributed by atoms with Crippen LogP contribution in [0.25, 0.3) is 11.1 Å². The van der Waals surface area contributed by atoms with Crippen LogP contribution in [0, 0.1) is 6.92 Å². The van der Waals surface area contributed by atoms with Crippen LogP contribution in [-0.4, -0.2) is 15.4 Å². The zero-order valence-electron chi connectivity index (χ0n) is 8.97. The molecular formula is C12H13NO3. The minimum Gasteiger partial charge on any atom is -0.392 e. The monoisotopic (exact) mass is 219 g/mol. The van der Waals surface area contributed by atoms with Gasteiger partial charge in [0, 0.05) is 0 Å². The first kappa shape index (κ1) is 10.9. The van der Waals surface area contributed by atoms with Gasteiger partial charge >= 0.3 is 0 Å². The van der Waals surface area contributed by atoms with E-state index < -0.39 is 0 Å². The highest BCUT2D eigenvalue weighted by Gasteiger charge is 2.16.